The van der Waals surface area contributed by atoms with Crippen LogP contribution in [0.5, 0.6) is 0 Å². The lowest BCUT2D eigenvalue weighted by Gasteiger charge is -2.14. The fourth-order valence-electron chi connectivity index (χ4n) is 3.86. The number of rotatable bonds is 8. The molecule has 2 amide bonds. The van der Waals surface area contributed by atoms with Crippen molar-refractivity contribution in [2.75, 3.05) is 11.9 Å². The lowest BCUT2D eigenvalue weighted by molar-refractivity contribution is -0.144. The molecule has 0 saturated heterocycles. The molecule has 7 nitrogen and oxygen atoms in total. The Morgan fingerprint density at radius 1 is 0.971 bits per heavy atom. The maximum Gasteiger partial charge on any atom is 0.328 e. The number of esters is 1. The monoisotopic (exact) mass is 456 g/mol. The summed E-state index contributed by atoms with van der Waals surface area (Å²) in [6.45, 7) is 3.59. The van der Waals surface area contributed by atoms with E-state index in [0.717, 1.165) is 41.0 Å². The Balaban J connectivity index is 1.47. The Morgan fingerprint density at radius 3 is 2.53 bits per heavy atom. The highest BCUT2D eigenvalue weighted by Crippen LogP contribution is 2.23. The minimum Gasteiger partial charge on any atom is -0.464 e. The number of carbonyl (C=O) groups excluding carboxylic acids is 2. The SMILES string of the molecule is CCOC(=O)[C@@H](C)NC(=O)Nc1cccc(CCc2nc3ccccc3n2-c2ccccc2)c1. The zero-order valence-electron chi connectivity index (χ0n) is 19.3. The molecule has 0 aliphatic carbocycles. The van der Waals surface area contributed by atoms with Crippen LogP contribution in [0.2, 0.25) is 0 Å². The first-order chi connectivity index (χ1) is 16.5. The molecule has 7 heteroatoms. The summed E-state index contributed by atoms with van der Waals surface area (Å²) in [4.78, 5) is 28.9. The average Bonchev–Trinajstić information content (AvgIpc) is 3.22. The van der Waals surface area contributed by atoms with Gasteiger partial charge in [0.1, 0.15) is 11.9 Å². The van der Waals surface area contributed by atoms with Gasteiger partial charge in [0.25, 0.3) is 0 Å². The van der Waals surface area contributed by atoms with Gasteiger partial charge in [-0.2, -0.15) is 0 Å². The van der Waals surface area contributed by atoms with Crippen molar-refractivity contribution in [1.29, 1.82) is 0 Å². The van der Waals surface area contributed by atoms with E-state index < -0.39 is 18.0 Å². The normalized spacial score (nSPS) is 11.7. The number of para-hydroxylation sites is 3. The zero-order chi connectivity index (χ0) is 23.9. The Labute approximate surface area is 198 Å². The molecule has 2 N–H and O–H groups in total. The number of aryl methyl sites for hydroxylation is 2. The van der Waals surface area contributed by atoms with Crippen LogP contribution >= 0.6 is 0 Å². The highest BCUT2D eigenvalue weighted by atomic mass is 16.5. The van der Waals surface area contributed by atoms with Crippen molar-refractivity contribution in [1.82, 2.24) is 14.9 Å². The number of nitrogens with one attached hydrogen (secondary N) is 2. The minimum absolute atomic E-state index is 0.270. The molecule has 174 valence electrons. The van der Waals surface area contributed by atoms with Gasteiger partial charge >= 0.3 is 12.0 Å². The second-order valence-electron chi connectivity index (χ2n) is 7.96. The van der Waals surface area contributed by atoms with E-state index >= 15 is 0 Å². The van der Waals surface area contributed by atoms with Crippen LogP contribution in [-0.2, 0) is 22.4 Å². The third-order valence-electron chi connectivity index (χ3n) is 5.45. The van der Waals surface area contributed by atoms with Gasteiger partial charge in [-0.3, -0.25) is 4.57 Å². The van der Waals surface area contributed by atoms with Gasteiger partial charge in [-0.15, -0.1) is 0 Å². The molecule has 0 bridgehead atoms. The molecule has 0 aliphatic heterocycles. The van der Waals surface area contributed by atoms with Crippen LogP contribution in [-0.4, -0.2) is 34.2 Å². The van der Waals surface area contributed by atoms with Crippen LogP contribution in [0, 0.1) is 0 Å². The number of hydrogen-bond acceptors (Lipinski definition) is 4. The fraction of sp³-hybridized carbons (Fsp3) is 0.222. The molecule has 0 fully saturated rings. The fourth-order valence-corrected chi connectivity index (χ4v) is 3.86. The summed E-state index contributed by atoms with van der Waals surface area (Å²) >= 11 is 0. The molecule has 3 aromatic carbocycles. The first-order valence-corrected chi connectivity index (χ1v) is 11.4. The number of benzene rings is 3. The zero-order valence-corrected chi connectivity index (χ0v) is 19.3. The Bertz CT molecular complexity index is 1280. The van der Waals surface area contributed by atoms with Gasteiger partial charge in [-0.25, -0.2) is 14.6 Å². The van der Waals surface area contributed by atoms with E-state index in [1.165, 1.54) is 0 Å². The third-order valence-corrected chi connectivity index (χ3v) is 5.45. The van der Waals surface area contributed by atoms with Crippen LogP contribution in [0.4, 0.5) is 10.5 Å². The predicted octanol–water partition coefficient (Wildman–Crippen LogP) is 4.88. The molecule has 1 aromatic heterocycles. The van der Waals surface area contributed by atoms with Crippen molar-refractivity contribution in [2.24, 2.45) is 0 Å². The largest absolute Gasteiger partial charge is 0.464 e. The lowest BCUT2D eigenvalue weighted by Crippen LogP contribution is -2.41. The van der Waals surface area contributed by atoms with Crippen molar-refractivity contribution in [3.05, 3.63) is 90.3 Å². The number of anilines is 1. The second-order valence-corrected chi connectivity index (χ2v) is 7.96. The first-order valence-electron chi connectivity index (χ1n) is 11.4. The topological polar surface area (TPSA) is 85.2 Å². The molecular weight excluding hydrogens is 428 g/mol. The molecule has 0 unspecified atom stereocenters. The van der Waals surface area contributed by atoms with Crippen molar-refractivity contribution < 1.29 is 14.3 Å². The van der Waals surface area contributed by atoms with Gasteiger partial charge < -0.3 is 15.4 Å². The van der Waals surface area contributed by atoms with E-state index in [2.05, 4.69) is 33.4 Å². The number of fused-ring (bicyclic) bond motifs is 1. The molecule has 0 saturated carbocycles. The first kappa shape index (κ1) is 23.0. The van der Waals surface area contributed by atoms with E-state index in [4.69, 9.17) is 9.72 Å². The van der Waals surface area contributed by atoms with Crippen molar-refractivity contribution in [3.8, 4) is 5.69 Å². The number of imidazole rings is 1. The molecule has 0 radical (unpaired) electrons. The minimum atomic E-state index is -0.728. The van der Waals surface area contributed by atoms with Gasteiger partial charge in [0, 0.05) is 17.8 Å². The van der Waals surface area contributed by atoms with Crippen LogP contribution in [0.1, 0.15) is 25.2 Å². The van der Waals surface area contributed by atoms with E-state index in [-0.39, 0.29) is 6.61 Å². The number of nitrogens with zero attached hydrogens (tertiary/aromatic N) is 2. The second kappa shape index (κ2) is 10.7. The van der Waals surface area contributed by atoms with Gasteiger partial charge in [0.05, 0.1) is 17.6 Å². The van der Waals surface area contributed by atoms with Crippen LogP contribution < -0.4 is 10.6 Å². The predicted molar refractivity (Wildman–Crippen MR) is 133 cm³/mol. The maximum atomic E-state index is 12.3. The third kappa shape index (κ3) is 5.43. The Morgan fingerprint density at radius 2 is 1.74 bits per heavy atom. The summed E-state index contributed by atoms with van der Waals surface area (Å²) in [7, 11) is 0. The molecule has 0 spiro atoms. The Hall–Kier alpha value is -4.13. The van der Waals surface area contributed by atoms with E-state index in [0.29, 0.717) is 5.69 Å². The number of urea groups is 1. The summed E-state index contributed by atoms with van der Waals surface area (Å²) in [5, 5.41) is 5.38. The number of aromatic nitrogens is 2. The summed E-state index contributed by atoms with van der Waals surface area (Å²) in [6, 6.07) is 24.8. The van der Waals surface area contributed by atoms with Crippen molar-refractivity contribution >= 4 is 28.7 Å². The molecular formula is C27H28N4O3. The molecule has 34 heavy (non-hydrogen) atoms. The number of amides is 2. The summed E-state index contributed by atoms with van der Waals surface area (Å²) in [6.07, 6.45) is 1.49. The van der Waals surface area contributed by atoms with E-state index in [1.807, 2.05) is 60.7 Å². The molecule has 4 rings (SSSR count). The standard InChI is InChI=1S/C27H28N4O3/c1-3-34-26(32)19(2)28-27(33)29-21-11-9-10-20(18-21)16-17-25-30-23-14-7-8-15-24(23)31(25)22-12-5-4-6-13-22/h4-15,18-19H,3,16-17H2,1-2H3,(H2,28,29,33)/t19-/m1/s1. The van der Waals surface area contributed by atoms with Gasteiger partial charge in [0.2, 0.25) is 0 Å². The number of hydrogen-bond donors (Lipinski definition) is 2. The number of ether oxygens (including phenoxy) is 1. The van der Waals surface area contributed by atoms with Crippen LogP contribution in [0.25, 0.3) is 16.7 Å². The molecule has 1 heterocycles. The van der Waals surface area contributed by atoms with Crippen LogP contribution in [0.3, 0.4) is 0 Å². The van der Waals surface area contributed by atoms with Gasteiger partial charge in [0.15, 0.2) is 0 Å². The lowest BCUT2D eigenvalue weighted by atomic mass is 10.1. The Kier molecular flexibility index (Phi) is 7.22. The van der Waals surface area contributed by atoms with Gasteiger partial charge in [-0.1, -0.05) is 42.5 Å². The summed E-state index contributed by atoms with van der Waals surface area (Å²) < 4.78 is 7.12. The smallest absolute Gasteiger partial charge is 0.328 e. The van der Waals surface area contributed by atoms with Crippen molar-refractivity contribution in [3.63, 3.8) is 0 Å². The van der Waals surface area contributed by atoms with Crippen molar-refractivity contribution in [2.45, 2.75) is 32.7 Å². The number of carbonyl (C=O) groups is 2. The highest BCUT2D eigenvalue weighted by molar-refractivity contribution is 5.92. The molecule has 0 aliphatic rings. The summed E-state index contributed by atoms with van der Waals surface area (Å²) in [5.74, 6) is 0.513. The highest BCUT2D eigenvalue weighted by Gasteiger charge is 2.17. The average molecular weight is 457 g/mol. The van der Waals surface area contributed by atoms with Gasteiger partial charge in [-0.05, 0) is 62.2 Å². The van der Waals surface area contributed by atoms with E-state index in [9.17, 15) is 9.59 Å². The molecule has 4 aromatic rings. The van der Waals surface area contributed by atoms with E-state index in [1.54, 1.807) is 13.8 Å². The van der Waals surface area contributed by atoms with Crippen LogP contribution in [0.15, 0.2) is 78.9 Å². The quantitative estimate of drug-likeness (QED) is 0.370. The summed E-state index contributed by atoms with van der Waals surface area (Å²) in [5.41, 5.74) is 4.84. The maximum absolute atomic E-state index is 12.3. The molecule has 1 atom stereocenters.